The Morgan fingerprint density at radius 2 is 2.08 bits per heavy atom. The Morgan fingerprint density at radius 1 is 1.31 bits per heavy atom. The lowest BCUT2D eigenvalue weighted by atomic mass is 10.1. The van der Waals surface area contributed by atoms with E-state index in [0.717, 1.165) is 5.56 Å². The predicted octanol–water partition coefficient (Wildman–Crippen LogP) is 1.77. The molecular weight excluding hydrogens is 356 g/mol. The minimum absolute atomic E-state index is 0.0453. The maximum atomic E-state index is 12.4. The van der Waals surface area contributed by atoms with Crippen LogP contribution in [0.5, 0.6) is 11.5 Å². The summed E-state index contributed by atoms with van der Waals surface area (Å²) in [7, 11) is 4.72. The van der Waals surface area contributed by atoms with Gasteiger partial charge in [0, 0.05) is 32.3 Å². The van der Waals surface area contributed by atoms with Crippen LogP contribution in [0.25, 0.3) is 0 Å². The second kappa shape index (κ2) is 9.68. The average molecular weight is 382 g/mol. The fraction of sp³-hybridized carbons (Fsp3) is 0.556. The van der Waals surface area contributed by atoms with E-state index in [0.29, 0.717) is 36.9 Å². The lowest BCUT2D eigenvalue weighted by molar-refractivity contribution is -0.136. The normalized spacial score (nSPS) is 16.7. The Morgan fingerprint density at radius 3 is 2.69 bits per heavy atom. The molecule has 1 aromatic carbocycles. The number of thioether (sulfide) groups is 1. The zero-order chi connectivity index (χ0) is 19.1. The summed E-state index contributed by atoms with van der Waals surface area (Å²) in [6.07, 6.45) is 0. The lowest BCUT2D eigenvalue weighted by Crippen LogP contribution is -2.41. The molecular formula is C18H26N2O5S. The van der Waals surface area contributed by atoms with Gasteiger partial charge in [0.15, 0.2) is 0 Å². The summed E-state index contributed by atoms with van der Waals surface area (Å²) in [6, 6.07) is 5.57. The molecule has 1 fully saturated rings. The van der Waals surface area contributed by atoms with Gasteiger partial charge in [-0.3, -0.25) is 9.59 Å². The molecule has 0 unspecified atom stereocenters. The summed E-state index contributed by atoms with van der Waals surface area (Å²) in [5, 5.41) is -0.163. The van der Waals surface area contributed by atoms with Gasteiger partial charge in [-0.25, -0.2) is 0 Å². The van der Waals surface area contributed by atoms with Gasteiger partial charge in [-0.1, -0.05) is 0 Å². The van der Waals surface area contributed by atoms with Crippen molar-refractivity contribution in [2.75, 3.05) is 53.3 Å². The van der Waals surface area contributed by atoms with Gasteiger partial charge in [-0.2, -0.15) is 0 Å². The summed E-state index contributed by atoms with van der Waals surface area (Å²) in [5.74, 6) is 1.81. The highest BCUT2D eigenvalue weighted by molar-refractivity contribution is 8.00. The number of carbonyl (C=O) groups is 2. The van der Waals surface area contributed by atoms with Crippen molar-refractivity contribution in [3.8, 4) is 11.5 Å². The molecule has 1 aromatic rings. The van der Waals surface area contributed by atoms with Crippen LogP contribution < -0.4 is 9.47 Å². The molecule has 1 heterocycles. The highest BCUT2D eigenvalue weighted by Crippen LogP contribution is 2.43. The summed E-state index contributed by atoms with van der Waals surface area (Å²) in [6.45, 7) is 3.46. The minimum atomic E-state index is -0.163. The smallest absolute Gasteiger partial charge is 0.248 e. The van der Waals surface area contributed by atoms with Crippen molar-refractivity contribution in [3.63, 3.8) is 0 Å². The summed E-state index contributed by atoms with van der Waals surface area (Å²) in [5.41, 5.74) is 0.897. The van der Waals surface area contributed by atoms with Crippen LogP contribution in [-0.2, 0) is 14.3 Å². The van der Waals surface area contributed by atoms with Crippen molar-refractivity contribution in [1.29, 1.82) is 0 Å². The first-order valence-corrected chi connectivity index (χ1v) is 9.50. The second-order valence-corrected chi connectivity index (χ2v) is 6.83. The van der Waals surface area contributed by atoms with E-state index in [4.69, 9.17) is 14.2 Å². The number of methoxy groups -OCH3 is 3. The van der Waals surface area contributed by atoms with Gasteiger partial charge in [-0.15, -0.1) is 11.8 Å². The standard InChI is InChI=1S/C18H26N2O5S/c1-5-19(16(21)11-23-2)8-9-20-17(22)12-26-18(20)14-10-13(24-3)6-7-15(14)25-4/h6-7,10,18H,5,8-9,11-12H2,1-4H3/t18-/m0/s1. The molecule has 2 rings (SSSR count). The van der Waals surface area contributed by atoms with E-state index in [2.05, 4.69) is 0 Å². The van der Waals surface area contributed by atoms with Gasteiger partial charge >= 0.3 is 0 Å². The largest absolute Gasteiger partial charge is 0.497 e. The number of amides is 2. The highest BCUT2D eigenvalue weighted by atomic mass is 32.2. The van der Waals surface area contributed by atoms with E-state index < -0.39 is 0 Å². The lowest BCUT2D eigenvalue weighted by Gasteiger charge is -2.29. The molecule has 0 bridgehead atoms. The minimum Gasteiger partial charge on any atom is -0.497 e. The zero-order valence-electron chi connectivity index (χ0n) is 15.7. The van der Waals surface area contributed by atoms with Crippen LogP contribution in [0.4, 0.5) is 0 Å². The van der Waals surface area contributed by atoms with Gasteiger partial charge < -0.3 is 24.0 Å². The first kappa shape index (κ1) is 20.4. The number of nitrogens with zero attached hydrogens (tertiary/aromatic N) is 2. The third-order valence-electron chi connectivity index (χ3n) is 4.28. The fourth-order valence-corrected chi connectivity index (χ4v) is 4.12. The predicted molar refractivity (Wildman–Crippen MR) is 101 cm³/mol. The molecule has 0 aliphatic carbocycles. The molecule has 144 valence electrons. The number of hydrogen-bond donors (Lipinski definition) is 0. The van der Waals surface area contributed by atoms with Gasteiger partial charge in [0.1, 0.15) is 23.5 Å². The van der Waals surface area contributed by atoms with Crippen molar-refractivity contribution in [2.45, 2.75) is 12.3 Å². The summed E-state index contributed by atoms with van der Waals surface area (Å²) >= 11 is 1.55. The molecule has 0 spiro atoms. The van der Waals surface area contributed by atoms with Crippen molar-refractivity contribution in [3.05, 3.63) is 23.8 Å². The van der Waals surface area contributed by atoms with E-state index in [1.165, 1.54) is 7.11 Å². The Bertz CT molecular complexity index is 640. The van der Waals surface area contributed by atoms with Crippen LogP contribution in [0.1, 0.15) is 17.9 Å². The number of hydrogen-bond acceptors (Lipinski definition) is 6. The van der Waals surface area contributed by atoms with Crippen LogP contribution in [0.2, 0.25) is 0 Å². The molecule has 1 aliphatic heterocycles. The van der Waals surface area contributed by atoms with Gasteiger partial charge in [0.05, 0.1) is 20.0 Å². The Labute approximate surface area is 158 Å². The van der Waals surface area contributed by atoms with Gasteiger partial charge in [0.2, 0.25) is 11.8 Å². The van der Waals surface area contributed by atoms with E-state index >= 15 is 0 Å². The van der Waals surface area contributed by atoms with Crippen molar-refractivity contribution < 1.29 is 23.8 Å². The number of carbonyl (C=O) groups excluding carboxylic acids is 2. The average Bonchev–Trinajstić information content (AvgIpc) is 3.02. The van der Waals surface area contributed by atoms with Crippen LogP contribution in [0.3, 0.4) is 0 Å². The summed E-state index contributed by atoms with van der Waals surface area (Å²) in [4.78, 5) is 28.0. The Balaban J connectivity index is 2.17. The third-order valence-corrected chi connectivity index (χ3v) is 5.52. The van der Waals surface area contributed by atoms with E-state index in [1.54, 1.807) is 35.8 Å². The molecule has 0 aromatic heterocycles. The van der Waals surface area contributed by atoms with E-state index in [1.807, 2.05) is 25.1 Å². The van der Waals surface area contributed by atoms with Crippen molar-refractivity contribution in [1.82, 2.24) is 9.80 Å². The summed E-state index contributed by atoms with van der Waals surface area (Å²) < 4.78 is 15.7. The molecule has 1 aliphatic rings. The molecule has 26 heavy (non-hydrogen) atoms. The SMILES string of the molecule is CCN(CCN1C(=O)CS[C@H]1c1cc(OC)ccc1OC)C(=O)COC. The number of ether oxygens (including phenoxy) is 3. The monoisotopic (exact) mass is 382 g/mol. The first-order valence-electron chi connectivity index (χ1n) is 8.45. The van der Waals surface area contributed by atoms with E-state index in [-0.39, 0.29) is 23.8 Å². The van der Waals surface area contributed by atoms with Gasteiger partial charge in [-0.05, 0) is 25.1 Å². The Hall–Kier alpha value is -1.93. The molecule has 0 radical (unpaired) electrons. The molecule has 8 heteroatoms. The van der Waals surface area contributed by atoms with E-state index in [9.17, 15) is 9.59 Å². The molecule has 1 atom stereocenters. The topological polar surface area (TPSA) is 68.3 Å². The quantitative estimate of drug-likeness (QED) is 0.648. The number of rotatable bonds is 9. The van der Waals surface area contributed by atoms with Crippen molar-refractivity contribution in [2.24, 2.45) is 0 Å². The first-order chi connectivity index (χ1) is 12.5. The molecule has 2 amide bonds. The third kappa shape index (κ3) is 4.62. The number of benzene rings is 1. The Kier molecular flexibility index (Phi) is 7.59. The van der Waals surface area contributed by atoms with Crippen molar-refractivity contribution >= 4 is 23.6 Å². The van der Waals surface area contributed by atoms with Crippen LogP contribution >= 0.6 is 11.8 Å². The molecule has 1 saturated heterocycles. The molecule has 0 N–H and O–H groups in total. The van der Waals surface area contributed by atoms with Crippen LogP contribution in [-0.4, -0.2) is 74.9 Å². The molecule has 7 nitrogen and oxygen atoms in total. The second-order valence-electron chi connectivity index (χ2n) is 5.76. The fourth-order valence-electron chi connectivity index (χ4n) is 2.89. The number of likely N-dealkylation sites (N-methyl/N-ethyl adjacent to an activating group) is 1. The highest BCUT2D eigenvalue weighted by Gasteiger charge is 2.35. The maximum absolute atomic E-state index is 12.4. The zero-order valence-corrected chi connectivity index (χ0v) is 16.5. The van der Waals surface area contributed by atoms with Crippen LogP contribution in [0, 0.1) is 0 Å². The van der Waals surface area contributed by atoms with Crippen LogP contribution in [0.15, 0.2) is 18.2 Å². The molecule has 0 saturated carbocycles. The van der Waals surface area contributed by atoms with Gasteiger partial charge in [0.25, 0.3) is 0 Å². The maximum Gasteiger partial charge on any atom is 0.248 e.